The van der Waals surface area contributed by atoms with Crippen LogP contribution in [0.2, 0.25) is 0 Å². The summed E-state index contributed by atoms with van der Waals surface area (Å²) >= 11 is 0. The van der Waals surface area contributed by atoms with Gasteiger partial charge in [0, 0.05) is 14.0 Å². The second kappa shape index (κ2) is 5.55. The molecule has 1 saturated heterocycles. The van der Waals surface area contributed by atoms with Crippen molar-refractivity contribution >= 4 is 5.97 Å². The molecule has 5 atom stereocenters. The molecule has 0 unspecified atom stereocenters. The van der Waals surface area contributed by atoms with Gasteiger partial charge < -0.3 is 29.5 Å². The maximum atomic E-state index is 10.7. The molecule has 0 amide bonds. The standard InChI is InChI=1S/C9H16O7/c1-4(11)15-9-7(13)8(14-2)6(12)5(3-10)16-9/h5-10,12-13H,3H2,1-2H3/t5-,6-,7-,8+,9+/m1/s1. The number of carbonyl (C=O) groups is 1. The average Bonchev–Trinajstić information content (AvgIpc) is 2.22. The number of methoxy groups -OCH3 is 1. The molecule has 0 spiro atoms. The van der Waals surface area contributed by atoms with Crippen LogP contribution in [-0.2, 0) is 19.0 Å². The van der Waals surface area contributed by atoms with E-state index in [1.54, 1.807) is 0 Å². The van der Waals surface area contributed by atoms with Gasteiger partial charge in [0.1, 0.15) is 24.4 Å². The molecule has 0 radical (unpaired) electrons. The molecule has 0 bridgehead atoms. The smallest absolute Gasteiger partial charge is 0.305 e. The first-order valence-corrected chi connectivity index (χ1v) is 4.83. The normalized spacial score (nSPS) is 39.4. The van der Waals surface area contributed by atoms with Gasteiger partial charge in [0.15, 0.2) is 0 Å². The van der Waals surface area contributed by atoms with Crippen molar-refractivity contribution in [2.24, 2.45) is 0 Å². The molecule has 16 heavy (non-hydrogen) atoms. The van der Waals surface area contributed by atoms with Crippen LogP contribution in [0.15, 0.2) is 0 Å². The van der Waals surface area contributed by atoms with Crippen LogP contribution in [-0.4, -0.2) is 65.7 Å². The largest absolute Gasteiger partial charge is 0.433 e. The summed E-state index contributed by atoms with van der Waals surface area (Å²) in [6.45, 7) is 0.697. The van der Waals surface area contributed by atoms with Crippen molar-refractivity contribution in [2.45, 2.75) is 37.6 Å². The van der Waals surface area contributed by atoms with E-state index in [-0.39, 0.29) is 0 Å². The molecule has 1 aliphatic rings. The number of aliphatic hydroxyl groups excluding tert-OH is 3. The molecule has 0 aromatic rings. The molecular formula is C9H16O7. The number of hydrogen-bond acceptors (Lipinski definition) is 7. The predicted octanol–water partition coefficient (Wildman–Crippen LogP) is -2.00. The minimum atomic E-state index is -1.30. The second-order valence-corrected chi connectivity index (χ2v) is 3.52. The zero-order valence-electron chi connectivity index (χ0n) is 9.07. The lowest BCUT2D eigenvalue weighted by Gasteiger charge is -2.40. The Balaban J connectivity index is 2.76. The van der Waals surface area contributed by atoms with Crippen molar-refractivity contribution in [3.8, 4) is 0 Å². The van der Waals surface area contributed by atoms with Crippen LogP contribution >= 0.6 is 0 Å². The minimum absolute atomic E-state index is 0.467. The Morgan fingerprint density at radius 2 is 2.00 bits per heavy atom. The fourth-order valence-electron chi connectivity index (χ4n) is 1.59. The van der Waals surface area contributed by atoms with E-state index < -0.39 is 43.3 Å². The maximum Gasteiger partial charge on any atom is 0.305 e. The highest BCUT2D eigenvalue weighted by Crippen LogP contribution is 2.23. The molecular weight excluding hydrogens is 220 g/mol. The van der Waals surface area contributed by atoms with Gasteiger partial charge in [-0.25, -0.2) is 0 Å². The topological polar surface area (TPSA) is 105 Å². The van der Waals surface area contributed by atoms with Crippen molar-refractivity contribution < 1.29 is 34.3 Å². The van der Waals surface area contributed by atoms with E-state index in [1.165, 1.54) is 7.11 Å². The van der Waals surface area contributed by atoms with E-state index in [4.69, 9.17) is 19.3 Å². The number of rotatable bonds is 3. The number of esters is 1. The average molecular weight is 236 g/mol. The summed E-state index contributed by atoms with van der Waals surface area (Å²) in [5.41, 5.74) is 0. The summed E-state index contributed by atoms with van der Waals surface area (Å²) in [6.07, 6.45) is -5.67. The lowest BCUT2D eigenvalue weighted by Crippen LogP contribution is -2.60. The maximum absolute atomic E-state index is 10.7. The molecule has 0 aromatic heterocycles. The van der Waals surface area contributed by atoms with Crippen molar-refractivity contribution in [3.63, 3.8) is 0 Å². The zero-order chi connectivity index (χ0) is 12.3. The Morgan fingerprint density at radius 3 is 2.44 bits per heavy atom. The summed E-state index contributed by atoms with van der Waals surface area (Å²) < 4.78 is 14.6. The highest BCUT2D eigenvalue weighted by molar-refractivity contribution is 5.66. The van der Waals surface area contributed by atoms with E-state index >= 15 is 0 Å². The van der Waals surface area contributed by atoms with Crippen LogP contribution in [0, 0.1) is 0 Å². The van der Waals surface area contributed by atoms with Gasteiger partial charge in [0.05, 0.1) is 6.61 Å². The molecule has 1 heterocycles. The highest BCUT2D eigenvalue weighted by Gasteiger charge is 2.46. The van der Waals surface area contributed by atoms with Gasteiger partial charge in [0.25, 0.3) is 0 Å². The van der Waals surface area contributed by atoms with Crippen LogP contribution < -0.4 is 0 Å². The summed E-state index contributed by atoms with van der Waals surface area (Å²) in [7, 11) is 1.29. The molecule has 0 aromatic carbocycles. The van der Waals surface area contributed by atoms with E-state index in [0.717, 1.165) is 6.92 Å². The summed E-state index contributed by atoms with van der Waals surface area (Å²) in [5.74, 6) is -0.632. The third kappa shape index (κ3) is 2.69. The Hall–Kier alpha value is -0.730. The summed E-state index contributed by atoms with van der Waals surface area (Å²) in [4.78, 5) is 10.7. The van der Waals surface area contributed by atoms with Gasteiger partial charge >= 0.3 is 5.97 Å². The fourth-order valence-corrected chi connectivity index (χ4v) is 1.59. The van der Waals surface area contributed by atoms with E-state index in [0.29, 0.717) is 0 Å². The Bertz CT molecular complexity index is 244. The molecule has 7 nitrogen and oxygen atoms in total. The molecule has 0 aliphatic carbocycles. The Morgan fingerprint density at radius 1 is 1.38 bits per heavy atom. The third-order valence-corrected chi connectivity index (χ3v) is 2.38. The first-order chi connectivity index (χ1) is 7.51. The first kappa shape index (κ1) is 13.3. The summed E-state index contributed by atoms with van der Waals surface area (Å²) in [5, 5.41) is 28.3. The van der Waals surface area contributed by atoms with Crippen LogP contribution in [0.25, 0.3) is 0 Å². The van der Waals surface area contributed by atoms with Gasteiger partial charge in [0.2, 0.25) is 6.29 Å². The lowest BCUT2D eigenvalue weighted by atomic mass is 9.99. The van der Waals surface area contributed by atoms with Crippen LogP contribution in [0.5, 0.6) is 0 Å². The second-order valence-electron chi connectivity index (χ2n) is 3.52. The fraction of sp³-hybridized carbons (Fsp3) is 0.889. The highest BCUT2D eigenvalue weighted by atomic mass is 16.7. The van der Waals surface area contributed by atoms with Gasteiger partial charge in [-0.3, -0.25) is 4.79 Å². The molecule has 94 valence electrons. The van der Waals surface area contributed by atoms with Gasteiger partial charge in [-0.1, -0.05) is 0 Å². The van der Waals surface area contributed by atoms with E-state index in [1.807, 2.05) is 0 Å². The van der Waals surface area contributed by atoms with Crippen molar-refractivity contribution in [1.29, 1.82) is 0 Å². The molecule has 1 aliphatic heterocycles. The molecule has 0 saturated carbocycles. The summed E-state index contributed by atoms with van der Waals surface area (Å²) in [6, 6.07) is 0. The molecule has 3 N–H and O–H groups in total. The van der Waals surface area contributed by atoms with Gasteiger partial charge in [-0.2, -0.15) is 0 Å². The molecule has 7 heteroatoms. The van der Waals surface area contributed by atoms with Gasteiger partial charge in [-0.05, 0) is 0 Å². The zero-order valence-corrected chi connectivity index (χ0v) is 9.07. The van der Waals surface area contributed by atoms with Crippen LogP contribution in [0.1, 0.15) is 6.92 Å². The monoisotopic (exact) mass is 236 g/mol. The first-order valence-electron chi connectivity index (χ1n) is 4.83. The van der Waals surface area contributed by atoms with Crippen LogP contribution in [0.3, 0.4) is 0 Å². The van der Waals surface area contributed by atoms with Crippen molar-refractivity contribution in [1.82, 2.24) is 0 Å². The van der Waals surface area contributed by atoms with Gasteiger partial charge in [-0.15, -0.1) is 0 Å². The quantitative estimate of drug-likeness (QED) is 0.487. The number of hydrogen-bond donors (Lipinski definition) is 3. The minimum Gasteiger partial charge on any atom is -0.433 e. The molecule has 1 rings (SSSR count). The Kier molecular flexibility index (Phi) is 4.63. The number of carbonyl (C=O) groups excluding carboxylic acids is 1. The van der Waals surface area contributed by atoms with Crippen molar-refractivity contribution in [2.75, 3.05) is 13.7 Å². The number of aliphatic hydroxyl groups is 3. The van der Waals surface area contributed by atoms with Crippen molar-refractivity contribution in [3.05, 3.63) is 0 Å². The SMILES string of the molecule is CO[C@@H]1[C@@H](O)[C@@H](OC(C)=O)O[C@H](CO)[C@H]1O. The van der Waals surface area contributed by atoms with Crippen LogP contribution in [0.4, 0.5) is 0 Å². The lowest BCUT2D eigenvalue weighted by molar-refractivity contribution is -0.295. The third-order valence-electron chi connectivity index (χ3n) is 2.38. The Labute approximate surface area is 92.5 Å². The predicted molar refractivity (Wildman–Crippen MR) is 50.3 cm³/mol. The van der Waals surface area contributed by atoms with E-state index in [2.05, 4.69) is 0 Å². The van der Waals surface area contributed by atoms with E-state index in [9.17, 15) is 15.0 Å². The molecule has 1 fully saturated rings. The number of ether oxygens (including phenoxy) is 3.